The lowest BCUT2D eigenvalue weighted by molar-refractivity contribution is 0.0785. The highest BCUT2D eigenvalue weighted by molar-refractivity contribution is 5.29. The molecule has 0 spiro atoms. The predicted octanol–water partition coefficient (Wildman–Crippen LogP) is 0.161. The largest absolute Gasteiger partial charge is 0.386 e. The fourth-order valence-corrected chi connectivity index (χ4v) is 1.30. The SMILES string of the molecule is CNC(N)(N)c1ccc(C(C)(C)O)cc1. The summed E-state index contributed by atoms with van der Waals surface area (Å²) in [6.07, 6.45) is 0. The minimum atomic E-state index is -1.03. The molecule has 1 rings (SSSR count). The van der Waals surface area contributed by atoms with Crippen molar-refractivity contribution in [2.45, 2.75) is 25.2 Å². The molecule has 0 unspecified atom stereocenters. The van der Waals surface area contributed by atoms with Gasteiger partial charge in [-0.1, -0.05) is 24.3 Å². The number of rotatable bonds is 3. The molecule has 0 saturated carbocycles. The second-order valence-corrected chi connectivity index (χ2v) is 4.26. The van der Waals surface area contributed by atoms with Gasteiger partial charge in [0.25, 0.3) is 0 Å². The molecule has 0 radical (unpaired) electrons. The van der Waals surface area contributed by atoms with Crippen LogP contribution in [0.2, 0.25) is 0 Å². The fraction of sp³-hybridized carbons (Fsp3) is 0.455. The molecule has 0 fully saturated rings. The molecule has 0 amide bonds. The van der Waals surface area contributed by atoms with E-state index in [0.29, 0.717) is 0 Å². The van der Waals surface area contributed by atoms with E-state index < -0.39 is 11.4 Å². The van der Waals surface area contributed by atoms with E-state index in [2.05, 4.69) is 5.32 Å². The molecule has 1 aromatic carbocycles. The van der Waals surface area contributed by atoms with E-state index >= 15 is 0 Å². The summed E-state index contributed by atoms with van der Waals surface area (Å²) in [5, 5.41) is 12.6. The summed E-state index contributed by atoms with van der Waals surface area (Å²) in [6, 6.07) is 7.26. The van der Waals surface area contributed by atoms with E-state index in [-0.39, 0.29) is 0 Å². The van der Waals surface area contributed by atoms with Gasteiger partial charge in [0.2, 0.25) is 0 Å². The van der Waals surface area contributed by atoms with Crippen LogP contribution in [-0.4, -0.2) is 12.2 Å². The maximum Gasteiger partial charge on any atom is 0.145 e. The highest BCUT2D eigenvalue weighted by Crippen LogP contribution is 2.21. The Morgan fingerprint density at radius 1 is 1.07 bits per heavy atom. The Kier molecular flexibility index (Phi) is 3.16. The minimum Gasteiger partial charge on any atom is -0.386 e. The lowest BCUT2D eigenvalue weighted by Crippen LogP contribution is -2.56. The summed E-state index contributed by atoms with van der Waals surface area (Å²) >= 11 is 0. The average molecular weight is 209 g/mol. The Morgan fingerprint density at radius 3 is 1.80 bits per heavy atom. The van der Waals surface area contributed by atoms with Crippen molar-refractivity contribution in [1.82, 2.24) is 5.32 Å². The maximum absolute atomic E-state index is 9.76. The molecule has 0 aliphatic rings. The van der Waals surface area contributed by atoms with Crippen molar-refractivity contribution in [2.24, 2.45) is 11.5 Å². The van der Waals surface area contributed by atoms with Crippen molar-refractivity contribution in [1.29, 1.82) is 0 Å². The number of hydrogen-bond acceptors (Lipinski definition) is 4. The van der Waals surface area contributed by atoms with Gasteiger partial charge < -0.3 is 5.11 Å². The zero-order chi connectivity index (χ0) is 11.7. The summed E-state index contributed by atoms with van der Waals surface area (Å²) in [7, 11) is 1.70. The summed E-state index contributed by atoms with van der Waals surface area (Å²) < 4.78 is 0. The van der Waals surface area contributed by atoms with Crippen LogP contribution in [0.5, 0.6) is 0 Å². The molecule has 0 heterocycles. The van der Waals surface area contributed by atoms with Crippen molar-refractivity contribution in [3.63, 3.8) is 0 Å². The summed E-state index contributed by atoms with van der Waals surface area (Å²) in [6.45, 7) is 3.47. The molecule has 0 aliphatic carbocycles. The van der Waals surface area contributed by atoms with Crippen molar-refractivity contribution in [3.8, 4) is 0 Å². The van der Waals surface area contributed by atoms with E-state index in [1.807, 2.05) is 24.3 Å². The highest BCUT2D eigenvalue weighted by Gasteiger charge is 2.21. The molecule has 84 valence electrons. The van der Waals surface area contributed by atoms with Crippen LogP contribution in [0.3, 0.4) is 0 Å². The van der Waals surface area contributed by atoms with Crippen LogP contribution in [0, 0.1) is 0 Å². The maximum atomic E-state index is 9.76. The van der Waals surface area contributed by atoms with Gasteiger partial charge >= 0.3 is 0 Å². The first kappa shape index (κ1) is 12.1. The highest BCUT2D eigenvalue weighted by atomic mass is 16.3. The third-order valence-corrected chi connectivity index (χ3v) is 2.48. The van der Waals surface area contributed by atoms with Gasteiger partial charge in [-0.2, -0.15) is 0 Å². The molecule has 0 saturated heterocycles. The van der Waals surface area contributed by atoms with Crippen LogP contribution in [0.15, 0.2) is 24.3 Å². The standard InChI is InChI=1S/C11H19N3O/c1-10(2,15)8-4-6-9(7-5-8)11(12,13)14-3/h4-7,14-15H,12-13H2,1-3H3. The van der Waals surface area contributed by atoms with Crippen LogP contribution >= 0.6 is 0 Å². The zero-order valence-electron chi connectivity index (χ0n) is 9.41. The van der Waals surface area contributed by atoms with Gasteiger partial charge in [-0.3, -0.25) is 16.8 Å². The normalized spacial score (nSPS) is 12.9. The second kappa shape index (κ2) is 3.90. The summed E-state index contributed by atoms with van der Waals surface area (Å²) in [5.41, 5.74) is 12.4. The Hall–Kier alpha value is -0.940. The van der Waals surface area contributed by atoms with Crippen molar-refractivity contribution < 1.29 is 5.11 Å². The molecule has 4 heteroatoms. The van der Waals surface area contributed by atoms with Gasteiger partial charge in [-0.05, 0) is 26.5 Å². The number of benzene rings is 1. The van der Waals surface area contributed by atoms with E-state index in [4.69, 9.17) is 11.5 Å². The van der Waals surface area contributed by atoms with Crippen LogP contribution < -0.4 is 16.8 Å². The lowest BCUT2D eigenvalue weighted by Gasteiger charge is -2.25. The van der Waals surface area contributed by atoms with Crippen LogP contribution in [-0.2, 0) is 11.4 Å². The first-order valence-corrected chi connectivity index (χ1v) is 4.87. The summed E-state index contributed by atoms with van der Waals surface area (Å²) in [5.74, 6) is -1.03. The number of aliphatic hydroxyl groups is 1. The predicted molar refractivity (Wildman–Crippen MR) is 60.8 cm³/mol. The molecule has 0 aromatic heterocycles. The second-order valence-electron chi connectivity index (χ2n) is 4.26. The lowest BCUT2D eigenvalue weighted by atomic mass is 9.96. The van der Waals surface area contributed by atoms with E-state index in [0.717, 1.165) is 11.1 Å². The number of nitrogens with one attached hydrogen (secondary N) is 1. The van der Waals surface area contributed by atoms with E-state index in [1.54, 1.807) is 20.9 Å². The number of nitrogens with two attached hydrogens (primary N) is 2. The van der Waals surface area contributed by atoms with Crippen molar-refractivity contribution in [2.75, 3.05) is 7.05 Å². The Balaban J connectivity index is 3.01. The molecule has 0 bridgehead atoms. The molecule has 1 aromatic rings. The Morgan fingerprint density at radius 2 is 1.47 bits per heavy atom. The van der Waals surface area contributed by atoms with Crippen molar-refractivity contribution in [3.05, 3.63) is 35.4 Å². The first-order valence-electron chi connectivity index (χ1n) is 4.87. The first-order chi connectivity index (χ1) is 6.77. The van der Waals surface area contributed by atoms with Crippen LogP contribution in [0.1, 0.15) is 25.0 Å². The van der Waals surface area contributed by atoms with Gasteiger partial charge in [-0.15, -0.1) is 0 Å². The van der Waals surface area contributed by atoms with Gasteiger partial charge in [0, 0.05) is 5.56 Å². The molecule has 0 aliphatic heterocycles. The van der Waals surface area contributed by atoms with Crippen LogP contribution in [0.4, 0.5) is 0 Å². The van der Waals surface area contributed by atoms with Crippen LogP contribution in [0.25, 0.3) is 0 Å². The number of hydrogen-bond donors (Lipinski definition) is 4. The minimum absolute atomic E-state index is 0.776. The quantitative estimate of drug-likeness (QED) is 0.534. The third kappa shape index (κ3) is 2.76. The molecule has 15 heavy (non-hydrogen) atoms. The van der Waals surface area contributed by atoms with Gasteiger partial charge in [-0.25, -0.2) is 0 Å². The Labute approximate surface area is 90.3 Å². The molecule has 4 nitrogen and oxygen atoms in total. The van der Waals surface area contributed by atoms with E-state index in [9.17, 15) is 5.11 Å². The molecule has 0 atom stereocenters. The average Bonchev–Trinajstić information content (AvgIpc) is 2.17. The molecule has 6 N–H and O–H groups in total. The molecular weight excluding hydrogens is 190 g/mol. The van der Waals surface area contributed by atoms with Gasteiger partial charge in [0.05, 0.1) is 5.60 Å². The summed E-state index contributed by atoms with van der Waals surface area (Å²) in [4.78, 5) is 0. The third-order valence-electron chi connectivity index (χ3n) is 2.48. The smallest absolute Gasteiger partial charge is 0.145 e. The van der Waals surface area contributed by atoms with Gasteiger partial charge in [0.1, 0.15) is 5.79 Å². The van der Waals surface area contributed by atoms with E-state index in [1.165, 1.54) is 0 Å². The van der Waals surface area contributed by atoms with Crippen molar-refractivity contribution >= 4 is 0 Å². The topological polar surface area (TPSA) is 84.3 Å². The Bertz CT molecular complexity index is 325. The molecular formula is C11H19N3O. The monoisotopic (exact) mass is 209 g/mol. The van der Waals surface area contributed by atoms with Gasteiger partial charge in [0.15, 0.2) is 0 Å². The zero-order valence-corrected chi connectivity index (χ0v) is 9.41. The fourth-order valence-electron chi connectivity index (χ4n) is 1.30.